The summed E-state index contributed by atoms with van der Waals surface area (Å²) in [5.41, 5.74) is 3.11. The number of benzene rings is 1. The summed E-state index contributed by atoms with van der Waals surface area (Å²) in [5.74, 6) is 2.92. The Hall–Kier alpha value is -0.780. The van der Waals surface area contributed by atoms with Gasteiger partial charge in [0.1, 0.15) is 0 Å². The van der Waals surface area contributed by atoms with Gasteiger partial charge in [-0.05, 0) is 93.1 Å². The summed E-state index contributed by atoms with van der Waals surface area (Å²) in [6.07, 6.45) is 16.5. The van der Waals surface area contributed by atoms with E-state index in [4.69, 9.17) is 0 Å². The summed E-state index contributed by atoms with van der Waals surface area (Å²) in [7, 11) is 0. The molecule has 0 bridgehead atoms. The minimum absolute atomic E-state index is 0.840. The molecule has 2 aliphatic rings. The van der Waals surface area contributed by atoms with E-state index < -0.39 is 0 Å². The van der Waals surface area contributed by atoms with Crippen molar-refractivity contribution >= 4 is 0 Å². The summed E-state index contributed by atoms with van der Waals surface area (Å²) in [6.45, 7) is 2.26. The normalized spacial score (nSPS) is 27.7. The highest BCUT2D eigenvalue weighted by Crippen LogP contribution is 2.42. The maximum absolute atomic E-state index is 2.50. The zero-order valence-corrected chi connectivity index (χ0v) is 13.7. The van der Waals surface area contributed by atoms with Gasteiger partial charge < -0.3 is 0 Å². The van der Waals surface area contributed by atoms with Crippen LogP contribution < -0.4 is 0 Å². The van der Waals surface area contributed by atoms with Gasteiger partial charge >= 0.3 is 0 Å². The molecular formula is C21H31. The fourth-order valence-corrected chi connectivity index (χ4v) is 4.59. The van der Waals surface area contributed by atoms with Crippen molar-refractivity contribution in [1.82, 2.24) is 0 Å². The Labute approximate surface area is 131 Å². The molecule has 2 aliphatic carbocycles. The van der Waals surface area contributed by atoms with Crippen molar-refractivity contribution in [1.29, 1.82) is 0 Å². The van der Waals surface area contributed by atoms with Crippen LogP contribution >= 0.6 is 0 Å². The van der Waals surface area contributed by atoms with E-state index in [0.717, 1.165) is 17.8 Å². The zero-order valence-electron chi connectivity index (χ0n) is 13.7. The van der Waals surface area contributed by atoms with E-state index in [1.54, 1.807) is 5.56 Å². The minimum atomic E-state index is 0.840. The van der Waals surface area contributed by atoms with Crippen LogP contribution in [0.1, 0.15) is 81.8 Å². The molecular weight excluding hydrogens is 252 g/mol. The number of aryl methyl sites for hydroxylation is 1. The van der Waals surface area contributed by atoms with Gasteiger partial charge in [-0.3, -0.25) is 0 Å². The number of hydrogen-bond donors (Lipinski definition) is 0. The van der Waals surface area contributed by atoms with Crippen molar-refractivity contribution in [3.05, 3.63) is 41.8 Å². The molecule has 0 amide bonds. The molecule has 0 nitrogen and oxygen atoms in total. The van der Waals surface area contributed by atoms with Crippen LogP contribution in [0, 0.1) is 18.3 Å². The SMILES string of the molecule is CCCc1ccc(C2CCC(C3CC[CH]CC3)CC2)cc1. The fourth-order valence-electron chi connectivity index (χ4n) is 4.59. The Morgan fingerprint density at radius 1 is 0.810 bits per heavy atom. The summed E-state index contributed by atoms with van der Waals surface area (Å²) >= 11 is 0. The second-order valence-electron chi connectivity index (χ2n) is 7.31. The molecule has 0 unspecified atom stereocenters. The van der Waals surface area contributed by atoms with E-state index in [2.05, 4.69) is 37.6 Å². The molecule has 0 atom stereocenters. The van der Waals surface area contributed by atoms with Crippen LogP contribution in [0.25, 0.3) is 0 Å². The van der Waals surface area contributed by atoms with Crippen LogP contribution in [0.3, 0.4) is 0 Å². The molecule has 0 aromatic heterocycles. The van der Waals surface area contributed by atoms with Gasteiger partial charge in [-0.2, -0.15) is 0 Å². The highest BCUT2D eigenvalue weighted by molar-refractivity contribution is 5.26. The van der Waals surface area contributed by atoms with E-state index in [-0.39, 0.29) is 0 Å². The Kier molecular flexibility index (Phi) is 5.38. The summed E-state index contributed by atoms with van der Waals surface area (Å²) < 4.78 is 0. The van der Waals surface area contributed by atoms with Crippen molar-refractivity contribution in [2.45, 2.75) is 77.0 Å². The second kappa shape index (κ2) is 7.47. The lowest BCUT2D eigenvalue weighted by Crippen LogP contribution is -2.23. The Bertz CT molecular complexity index is 402. The maximum atomic E-state index is 2.50. The molecule has 21 heavy (non-hydrogen) atoms. The van der Waals surface area contributed by atoms with Crippen LogP contribution in [0.15, 0.2) is 24.3 Å². The van der Waals surface area contributed by atoms with E-state index in [9.17, 15) is 0 Å². The van der Waals surface area contributed by atoms with Gasteiger partial charge in [0.15, 0.2) is 0 Å². The average molecular weight is 283 g/mol. The first kappa shape index (κ1) is 15.1. The highest BCUT2D eigenvalue weighted by Gasteiger charge is 2.28. The quantitative estimate of drug-likeness (QED) is 0.607. The topological polar surface area (TPSA) is 0 Å². The third-order valence-corrected chi connectivity index (χ3v) is 5.91. The van der Waals surface area contributed by atoms with E-state index >= 15 is 0 Å². The lowest BCUT2D eigenvalue weighted by Gasteiger charge is -2.36. The average Bonchev–Trinajstić information content (AvgIpc) is 2.57. The van der Waals surface area contributed by atoms with Gasteiger partial charge in [0, 0.05) is 0 Å². The van der Waals surface area contributed by atoms with Crippen molar-refractivity contribution in [2.24, 2.45) is 11.8 Å². The number of hydrogen-bond acceptors (Lipinski definition) is 0. The first-order valence-corrected chi connectivity index (χ1v) is 9.27. The largest absolute Gasteiger partial charge is 0.0651 e. The van der Waals surface area contributed by atoms with Crippen LogP contribution in [0.4, 0.5) is 0 Å². The van der Waals surface area contributed by atoms with Crippen molar-refractivity contribution in [3.63, 3.8) is 0 Å². The Balaban J connectivity index is 1.52. The lowest BCUT2D eigenvalue weighted by atomic mass is 9.70. The molecule has 3 rings (SSSR count). The highest BCUT2D eigenvalue weighted by atomic mass is 14.3. The smallest absolute Gasteiger partial charge is 0.0162 e. The van der Waals surface area contributed by atoms with Gasteiger partial charge in [-0.15, -0.1) is 0 Å². The molecule has 115 valence electrons. The van der Waals surface area contributed by atoms with Crippen molar-refractivity contribution in [2.75, 3.05) is 0 Å². The van der Waals surface area contributed by atoms with Gasteiger partial charge in [-0.1, -0.05) is 37.6 Å². The molecule has 1 aromatic carbocycles. The van der Waals surface area contributed by atoms with Crippen LogP contribution in [0.2, 0.25) is 0 Å². The molecule has 1 aromatic rings. The summed E-state index contributed by atoms with van der Waals surface area (Å²) in [6, 6.07) is 9.54. The van der Waals surface area contributed by atoms with Gasteiger partial charge in [0.25, 0.3) is 0 Å². The first-order valence-electron chi connectivity index (χ1n) is 9.27. The molecule has 2 fully saturated rings. The van der Waals surface area contributed by atoms with E-state index in [1.807, 2.05) is 0 Å². The van der Waals surface area contributed by atoms with E-state index in [0.29, 0.717) is 0 Å². The third-order valence-electron chi connectivity index (χ3n) is 5.91. The van der Waals surface area contributed by atoms with Crippen molar-refractivity contribution < 1.29 is 0 Å². The molecule has 1 radical (unpaired) electrons. The standard InChI is InChI=1S/C21H31/c1-2-6-17-9-11-19(12-10-17)21-15-13-20(14-16-21)18-7-4-3-5-8-18/h3,9-12,18,20-21H,2,4-8,13-16H2,1H3. The predicted molar refractivity (Wildman–Crippen MR) is 91.4 cm³/mol. The van der Waals surface area contributed by atoms with Crippen LogP contribution in [-0.2, 0) is 6.42 Å². The molecule has 0 saturated heterocycles. The molecule has 0 heteroatoms. The molecule has 0 spiro atoms. The molecule has 0 aliphatic heterocycles. The van der Waals surface area contributed by atoms with E-state index in [1.165, 1.54) is 69.8 Å². The maximum Gasteiger partial charge on any atom is -0.0162 e. The fraction of sp³-hybridized carbons (Fsp3) is 0.667. The predicted octanol–water partition coefficient (Wildman–Crippen LogP) is 6.31. The van der Waals surface area contributed by atoms with Gasteiger partial charge in [0.05, 0.1) is 0 Å². The van der Waals surface area contributed by atoms with Crippen molar-refractivity contribution in [3.8, 4) is 0 Å². The summed E-state index contributed by atoms with van der Waals surface area (Å²) in [5, 5.41) is 0. The Morgan fingerprint density at radius 2 is 1.43 bits per heavy atom. The van der Waals surface area contributed by atoms with Crippen LogP contribution in [-0.4, -0.2) is 0 Å². The number of rotatable bonds is 4. The molecule has 0 N–H and O–H groups in total. The monoisotopic (exact) mass is 283 g/mol. The zero-order chi connectivity index (χ0) is 14.5. The molecule has 2 saturated carbocycles. The van der Waals surface area contributed by atoms with Gasteiger partial charge in [0.2, 0.25) is 0 Å². The van der Waals surface area contributed by atoms with Crippen LogP contribution in [0.5, 0.6) is 0 Å². The summed E-state index contributed by atoms with van der Waals surface area (Å²) in [4.78, 5) is 0. The van der Waals surface area contributed by atoms with Gasteiger partial charge in [-0.25, -0.2) is 0 Å². The Morgan fingerprint density at radius 3 is 2.05 bits per heavy atom. The third kappa shape index (κ3) is 3.90. The molecule has 0 heterocycles. The second-order valence-corrected chi connectivity index (χ2v) is 7.31. The first-order chi connectivity index (χ1) is 10.4. The minimum Gasteiger partial charge on any atom is -0.0651 e. The lowest BCUT2D eigenvalue weighted by molar-refractivity contribution is 0.199.